The fourth-order valence-electron chi connectivity index (χ4n) is 2.15. The molecule has 3 N–H and O–H groups in total. The standard InChI is InChI=1S/C10H17N5OS/c1-2-3-7-4-9(16)15(5-7)6-8-13-14-10(12-11)17-8/h7H,2-6,11H2,1H3,(H,12,14). The summed E-state index contributed by atoms with van der Waals surface area (Å²) in [5.74, 6) is 5.97. The minimum atomic E-state index is 0.223. The summed E-state index contributed by atoms with van der Waals surface area (Å²) in [4.78, 5) is 13.6. The van der Waals surface area contributed by atoms with Crippen molar-refractivity contribution in [1.29, 1.82) is 0 Å². The summed E-state index contributed by atoms with van der Waals surface area (Å²) in [7, 11) is 0. The predicted molar refractivity (Wildman–Crippen MR) is 66.2 cm³/mol. The maximum Gasteiger partial charge on any atom is 0.223 e. The van der Waals surface area contributed by atoms with Gasteiger partial charge < -0.3 is 4.90 Å². The Morgan fingerprint density at radius 1 is 1.59 bits per heavy atom. The normalized spacial score (nSPS) is 20.0. The molecule has 7 heteroatoms. The number of hydrogen-bond acceptors (Lipinski definition) is 6. The van der Waals surface area contributed by atoms with E-state index in [4.69, 9.17) is 5.84 Å². The Balaban J connectivity index is 1.93. The van der Waals surface area contributed by atoms with Gasteiger partial charge >= 0.3 is 0 Å². The highest BCUT2D eigenvalue weighted by Gasteiger charge is 2.29. The van der Waals surface area contributed by atoms with Gasteiger partial charge in [-0.1, -0.05) is 24.7 Å². The first-order valence-electron chi connectivity index (χ1n) is 5.79. The third-order valence-corrected chi connectivity index (χ3v) is 3.75. The Bertz CT molecular complexity index is 394. The highest BCUT2D eigenvalue weighted by molar-refractivity contribution is 7.15. The quantitative estimate of drug-likeness (QED) is 0.605. The average molecular weight is 255 g/mol. The topological polar surface area (TPSA) is 84.1 Å². The van der Waals surface area contributed by atoms with Gasteiger partial charge in [-0.05, 0) is 12.3 Å². The molecule has 1 saturated heterocycles. The maximum absolute atomic E-state index is 11.8. The van der Waals surface area contributed by atoms with Crippen LogP contribution in [0.15, 0.2) is 0 Å². The molecule has 2 rings (SSSR count). The molecule has 1 fully saturated rings. The monoisotopic (exact) mass is 255 g/mol. The molecule has 0 spiro atoms. The number of aromatic nitrogens is 2. The van der Waals surface area contributed by atoms with Gasteiger partial charge in [0.2, 0.25) is 11.0 Å². The van der Waals surface area contributed by atoms with E-state index in [0.29, 0.717) is 24.0 Å². The van der Waals surface area contributed by atoms with Crippen LogP contribution in [-0.2, 0) is 11.3 Å². The molecule has 2 heterocycles. The molecule has 1 aromatic heterocycles. The fourth-order valence-corrected chi connectivity index (χ4v) is 2.81. The molecule has 1 atom stereocenters. The van der Waals surface area contributed by atoms with Crippen LogP contribution < -0.4 is 11.3 Å². The molecule has 17 heavy (non-hydrogen) atoms. The van der Waals surface area contributed by atoms with Crippen molar-refractivity contribution in [3.8, 4) is 0 Å². The minimum absolute atomic E-state index is 0.223. The summed E-state index contributed by atoms with van der Waals surface area (Å²) in [5.41, 5.74) is 2.45. The van der Waals surface area contributed by atoms with Gasteiger partial charge in [0, 0.05) is 13.0 Å². The molecule has 1 aliphatic rings. The lowest BCUT2D eigenvalue weighted by atomic mass is 10.0. The van der Waals surface area contributed by atoms with Gasteiger partial charge in [0.25, 0.3) is 0 Å². The highest BCUT2D eigenvalue weighted by atomic mass is 32.1. The number of anilines is 1. The van der Waals surface area contributed by atoms with Crippen LogP contribution in [0.5, 0.6) is 0 Å². The van der Waals surface area contributed by atoms with Crippen molar-refractivity contribution in [2.45, 2.75) is 32.7 Å². The summed E-state index contributed by atoms with van der Waals surface area (Å²) in [6.45, 7) is 3.55. The lowest BCUT2D eigenvalue weighted by Crippen LogP contribution is -2.24. The number of carbonyl (C=O) groups excluding carboxylic acids is 1. The Kier molecular flexibility index (Phi) is 3.90. The molecule has 6 nitrogen and oxygen atoms in total. The molecule has 1 aliphatic heterocycles. The zero-order valence-corrected chi connectivity index (χ0v) is 10.7. The minimum Gasteiger partial charge on any atom is -0.336 e. The number of nitrogen functional groups attached to an aromatic ring is 1. The van der Waals surface area contributed by atoms with Crippen LogP contribution in [-0.4, -0.2) is 27.5 Å². The Morgan fingerprint density at radius 2 is 2.41 bits per heavy atom. The first-order chi connectivity index (χ1) is 8.22. The first kappa shape index (κ1) is 12.3. The van der Waals surface area contributed by atoms with Crippen molar-refractivity contribution < 1.29 is 4.79 Å². The summed E-state index contributed by atoms with van der Waals surface area (Å²) in [6, 6.07) is 0. The molecule has 0 aliphatic carbocycles. The van der Waals surface area contributed by atoms with E-state index >= 15 is 0 Å². The van der Waals surface area contributed by atoms with Gasteiger partial charge in [-0.2, -0.15) is 0 Å². The van der Waals surface area contributed by atoms with Crippen molar-refractivity contribution in [3.63, 3.8) is 0 Å². The van der Waals surface area contributed by atoms with Crippen molar-refractivity contribution in [1.82, 2.24) is 15.1 Å². The van der Waals surface area contributed by atoms with Crippen LogP contribution in [0.2, 0.25) is 0 Å². The molecule has 94 valence electrons. The summed E-state index contributed by atoms with van der Waals surface area (Å²) in [5, 5.41) is 9.24. The van der Waals surface area contributed by atoms with E-state index in [-0.39, 0.29) is 5.91 Å². The number of nitrogens with one attached hydrogen (secondary N) is 1. The first-order valence-corrected chi connectivity index (χ1v) is 6.61. The molecular formula is C10H17N5OS. The van der Waals surface area contributed by atoms with Crippen molar-refractivity contribution in [2.75, 3.05) is 12.0 Å². The fraction of sp³-hybridized carbons (Fsp3) is 0.700. The maximum atomic E-state index is 11.8. The second kappa shape index (κ2) is 5.42. The number of rotatable bonds is 5. The van der Waals surface area contributed by atoms with Gasteiger partial charge in [-0.3, -0.25) is 10.2 Å². The number of carbonyl (C=O) groups is 1. The van der Waals surface area contributed by atoms with Crippen molar-refractivity contribution >= 4 is 22.4 Å². The average Bonchev–Trinajstić information content (AvgIpc) is 2.88. The number of amides is 1. The Morgan fingerprint density at radius 3 is 3.06 bits per heavy atom. The number of nitrogens with two attached hydrogens (primary N) is 1. The van der Waals surface area contributed by atoms with Gasteiger partial charge in [-0.25, -0.2) is 5.84 Å². The molecular weight excluding hydrogens is 238 g/mol. The lowest BCUT2D eigenvalue weighted by Gasteiger charge is -2.14. The summed E-state index contributed by atoms with van der Waals surface area (Å²) < 4.78 is 0. The van der Waals surface area contributed by atoms with Crippen molar-refractivity contribution in [2.24, 2.45) is 11.8 Å². The molecule has 0 bridgehead atoms. The van der Waals surface area contributed by atoms with Crippen LogP contribution in [0.3, 0.4) is 0 Å². The van der Waals surface area contributed by atoms with E-state index in [9.17, 15) is 4.79 Å². The largest absolute Gasteiger partial charge is 0.336 e. The third-order valence-electron chi connectivity index (χ3n) is 2.91. The van der Waals surface area contributed by atoms with Crippen LogP contribution in [0.1, 0.15) is 31.2 Å². The van der Waals surface area contributed by atoms with Crippen LogP contribution in [0, 0.1) is 5.92 Å². The van der Waals surface area contributed by atoms with E-state index in [2.05, 4.69) is 22.5 Å². The van der Waals surface area contributed by atoms with Crippen molar-refractivity contribution in [3.05, 3.63) is 5.01 Å². The predicted octanol–water partition coefficient (Wildman–Crippen LogP) is 0.972. The summed E-state index contributed by atoms with van der Waals surface area (Å²) in [6.07, 6.45) is 2.93. The second-order valence-electron chi connectivity index (χ2n) is 4.28. The molecule has 1 unspecified atom stereocenters. The van der Waals surface area contributed by atoms with Gasteiger partial charge in [0.05, 0.1) is 6.54 Å². The SMILES string of the molecule is CCCC1CC(=O)N(Cc2nnc(NN)s2)C1. The van der Waals surface area contributed by atoms with E-state index < -0.39 is 0 Å². The molecule has 1 aromatic rings. The molecule has 0 saturated carbocycles. The zero-order chi connectivity index (χ0) is 12.3. The number of nitrogens with zero attached hydrogens (tertiary/aromatic N) is 3. The van der Waals surface area contributed by atoms with Gasteiger partial charge in [0.15, 0.2) is 0 Å². The third kappa shape index (κ3) is 2.92. The highest BCUT2D eigenvalue weighted by Crippen LogP contribution is 2.25. The van der Waals surface area contributed by atoms with E-state index in [1.807, 2.05) is 4.90 Å². The molecule has 0 radical (unpaired) electrons. The number of hydrazine groups is 1. The number of likely N-dealkylation sites (tertiary alicyclic amines) is 1. The Hall–Kier alpha value is -1.21. The van der Waals surface area contributed by atoms with Crippen LogP contribution in [0.4, 0.5) is 5.13 Å². The Labute approximate surface area is 104 Å². The smallest absolute Gasteiger partial charge is 0.223 e. The van der Waals surface area contributed by atoms with E-state index in [1.54, 1.807) is 0 Å². The van der Waals surface area contributed by atoms with Crippen LogP contribution >= 0.6 is 11.3 Å². The molecule has 0 aromatic carbocycles. The number of hydrogen-bond donors (Lipinski definition) is 2. The van der Waals surface area contributed by atoms with E-state index in [0.717, 1.165) is 24.4 Å². The summed E-state index contributed by atoms with van der Waals surface area (Å²) >= 11 is 1.38. The lowest BCUT2D eigenvalue weighted by molar-refractivity contribution is -0.128. The zero-order valence-electron chi connectivity index (χ0n) is 9.85. The van der Waals surface area contributed by atoms with Crippen LogP contribution in [0.25, 0.3) is 0 Å². The second-order valence-corrected chi connectivity index (χ2v) is 5.34. The molecule has 1 amide bonds. The van der Waals surface area contributed by atoms with Gasteiger partial charge in [0.1, 0.15) is 5.01 Å². The van der Waals surface area contributed by atoms with Gasteiger partial charge in [-0.15, -0.1) is 10.2 Å². The van der Waals surface area contributed by atoms with E-state index in [1.165, 1.54) is 11.3 Å².